The molecule has 0 spiro atoms. The largest absolute Gasteiger partial charge is 0.497 e. The van der Waals surface area contributed by atoms with E-state index in [9.17, 15) is 4.79 Å². The molecule has 0 fully saturated rings. The summed E-state index contributed by atoms with van der Waals surface area (Å²) in [5.41, 5.74) is 1.63. The van der Waals surface area contributed by atoms with Crippen LogP contribution in [0.4, 0.5) is 5.95 Å². The van der Waals surface area contributed by atoms with Crippen LogP contribution in [0.1, 0.15) is 29.8 Å². The van der Waals surface area contributed by atoms with Crippen LogP contribution in [0.15, 0.2) is 36.7 Å². The summed E-state index contributed by atoms with van der Waals surface area (Å²) < 4.78 is 5.20. The van der Waals surface area contributed by atoms with Crippen molar-refractivity contribution in [2.24, 2.45) is 0 Å². The Morgan fingerprint density at radius 3 is 2.65 bits per heavy atom. The number of amides is 1. The van der Waals surface area contributed by atoms with Crippen LogP contribution in [0.5, 0.6) is 5.75 Å². The van der Waals surface area contributed by atoms with E-state index in [0.29, 0.717) is 18.1 Å². The molecule has 6 nitrogen and oxygen atoms in total. The molecule has 122 valence electrons. The number of methoxy groups -OCH3 is 1. The van der Waals surface area contributed by atoms with Crippen LogP contribution in [0.25, 0.3) is 0 Å². The first-order valence-corrected chi connectivity index (χ1v) is 7.58. The summed E-state index contributed by atoms with van der Waals surface area (Å²) in [5.74, 6) is 1.19. The van der Waals surface area contributed by atoms with Crippen molar-refractivity contribution < 1.29 is 9.53 Å². The van der Waals surface area contributed by atoms with Gasteiger partial charge in [0.05, 0.1) is 12.7 Å². The summed E-state index contributed by atoms with van der Waals surface area (Å²) in [5, 5.41) is 5.95. The van der Waals surface area contributed by atoms with Crippen molar-refractivity contribution in [1.82, 2.24) is 15.3 Å². The molecule has 0 aliphatic carbocycles. The Kier molecular flexibility index (Phi) is 5.91. The SMILES string of the molecule is COc1cccc(CCNc2ncc(C(=O)NC(C)C)cn2)c1. The number of benzene rings is 1. The highest BCUT2D eigenvalue weighted by atomic mass is 16.5. The molecule has 0 aliphatic rings. The maximum Gasteiger partial charge on any atom is 0.254 e. The molecule has 0 radical (unpaired) electrons. The van der Waals surface area contributed by atoms with Crippen LogP contribution < -0.4 is 15.4 Å². The van der Waals surface area contributed by atoms with Crippen molar-refractivity contribution in [2.75, 3.05) is 19.0 Å². The van der Waals surface area contributed by atoms with E-state index in [4.69, 9.17) is 4.74 Å². The predicted molar refractivity (Wildman–Crippen MR) is 89.8 cm³/mol. The summed E-state index contributed by atoms with van der Waals surface area (Å²) >= 11 is 0. The fourth-order valence-electron chi connectivity index (χ4n) is 2.03. The van der Waals surface area contributed by atoms with E-state index >= 15 is 0 Å². The van der Waals surface area contributed by atoms with Crippen molar-refractivity contribution in [3.8, 4) is 5.75 Å². The van der Waals surface area contributed by atoms with Crippen LogP contribution in [-0.2, 0) is 6.42 Å². The van der Waals surface area contributed by atoms with E-state index in [0.717, 1.165) is 12.2 Å². The Bertz CT molecular complexity index is 641. The number of hydrogen-bond donors (Lipinski definition) is 2. The Balaban J connectivity index is 1.85. The Morgan fingerprint density at radius 1 is 1.26 bits per heavy atom. The van der Waals surface area contributed by atoms with Crippen LogP contribution >= 0.6 is 0 Å². The van der Waals surface area contributed by atoms with E-state index < -0.39 is 0 Å². The fourth-order valence-corrected chi connectivity index (χ4v) is 2.03. The molecule has 0 unspecified atom stereocenters. The highest BCUT2D eigenvalue weighted by Gasteiger charge is 2.08. The van der Waals surface area contributed by atoms with E-state index in [1.165, 1.54) is 18.0 Å². The Labute approximate surface area is 136 Å². The zero-order chi connectivity index (χ0) is 16.7. The lowest BCUT2D eigenvalue weighted by Crippen LogP contribution is -2.30. The zero-order valence-corrected chi connectivity index (χ0v) is 13.7. The molecule has 6 heteroatoms. The number of aromatic nitrogens is 2. The molecule has 0 saturated heterocycles. The maximum atomic E-state index is 11.8. The summed E-state index contributed by atoms with van der Waals surface area (Å²) in [6.07, 6.45) is 3.88. The minimum Gasteiger partial charge on any atom is -0.497 e. The van der Waals surface area contributed by atoms with Gasteiger partial charge in [-0.25, -0.2) is 9.97 Å². The molecule has 1 aromatic heterocycles. The van der Waals surface area contributed by atoms with Crippen LogP contribution in [0.3, 0.4) is 0 Å². The van der Waals surface area contributed by atoms with E-state index in [2.05, 4.69) is 20.6 Å². The molecular weight excluding hydrogens is 292 g/mol. The first-order chi connectivity index (χ1) is 11.1. The minimum absolute atomic E-state index is 0.0863. The van der Waals surface area contributed by atoms with Gasteiger partial charge in [-0.2, -0.15) is 0 Å². The second-order valence-electron chi connectivity index (χ2n) is 5.45. The molecule has 0 bridgehead atoms. The zero-order valence-electron chi connectivity index (χ0n) is 13.7. The van der Waals surface area contributed by atoms with Crippen molar-refractivity contribution >= 4 is 11.9 Å². The third-order valence-corrected chi connectivity index (χ3v) is 3.16. The molecule has 1 amide bonds. The van der Waals surface area contributed by atoms with Crippen molar-refractivity contribution in [1.29, 1.82) is 0 Å². The van der Waals surface area contributed by atoms with Crippen molar-refractivity contribution in [2.45, 2.75) is 26.3 Å². The normalized spacial score (nSPS) is 10.4. The average molecular weight is 314 g/mol. The van der Waals surface area contributed by atoms with E-state index in [-0.39, 0.29) is 11.9 Å². The first kappa shape index (κ1) is 16.7. The second kappa shape index (κ2) is 8.12. The Hall–Kier alpha value is -2.63. The second-order valence-corrected chi connectivity index (χ2v) is 5.45. The van der Waals surface area contributed by atoms with Gasteiger partial charge in [0.15, 0.2) is 0 Å². The minimum atomic E-state index is -0.164. The monoisotopic (exact) mass is 314 g/mol. The average Bonchev–Trinajstić information content (AvgIpc) is 2.55. The van der Waals surface area contributed by atoms with Gasteiger partial charge in [-0.15, -0.1) is 0 Å². The van der Waals surface area contributed by atoms with E-state index in [1.54, 1.807) is 7.11 Å². The molecule has 0 saturated carbocycles. The van der Waals surface area contributed by atoms with E-state index in [1.807, 2.05) is 38.1 Å². The number of rotatable bonds is 7. The lowest BCUT2D eigenvalue weighted by molar-refractivity contribution is 0.0942. The third-order valence-electron chi connectivity index (χ3n) is 3.16. The predicted octanol–water partition coefficient (Wildman–Crippen LogP) is 2.28. The van der Waals surface area contributed by atoms with Gasteiger partial charge in [-0.05, 0) is 38.0 Å². The number of anilines is 1. The highest BCUT2D eigenvalue weighted by molar-refractivity contribution is 5.93. The number of hydrogen-bond acceptors (Lipinski definition) is 5. The van der Waals surface area contributed by atoms with Gasteiger partial charge >= 0.3 is 0 Å². The smallest absolute Gasteiger partial charge is 0.254 e. The number of nitrogens with one attached hydrogen (secondary N) is 2. The molecule has 1 aromatic carbocycles. The molecule has 0 atom stereocenters. The standard InChI is InChI=1S/C17H22N4O2/c1-12(2)21-16(22)14-10-19-17(20-11-14)18-8-7-13-5-4-6-15(9-13)23-3/h4-6,9-12H,7-8H2,1-3H3,(H,21,22)(H,18,19,20). The van der Waals surface area contributed by atoms with Gasteiger partial charge in [0.2, 0.25) is 5.95 Å². The molecular formula is C17H22N4O2. The Morgan fingerprint density at radius 2 is 2.00 bits per heavy atom. The molecule has 2 N–H and O–H groups in total. The van der Waals surface area contributed by atoms with Gasteiger partial charge in [-0.1, -0.05) is 12.1 Å². The summed E-state index contributed by atoms with van der Waals surface area (Å²) in [4.78, 5) is 20.1. The summed E-state index contributed by atoms with van der Waals surface area (Å²) in [6.45, 7) is 4.52. The quantitative estimate of drug-likeness (QED) is 0.820. The molecule has 2 rings (SSSR count). The van der Waals surface area contributed by atoms with Crippen LogP contribution in [-0.4, -0.2) is 35.6 Å². The number of carbonyl (C=O) groups is 1. The molecule has 1 heterocycles. The first-order valence-electron chi connectivity index (χ1n) is 7.58. The summed E-state index contributed by atoms with van der Waals surface area (Å²) in [6, 6.07) is 8.02. The number of nitrogens with zero attached hydrogens (tertiary/aromatic N) is 2. The van der Waals surface area contributed by atoms with Crippen molar-refractivity contribution in [3.05, 3.63) is 47.8 Å². The lowest BCUT2D eigenvalue weighted by atomic mass is 10.1. The maximum absolute atomic E-state index is 11.8. The van der Waals surface area contributed by atoms with Gasteiger partial charge in [0.25, 0.3) is 5.91 Å². The highest BCUT2D eigenvalue weighted by Crippen LogP contribution is 2.13. The van der Waals surface area contributed by atoms with Gasteiger partial charge < -0.3 is 15.4 Å². The molecule has 2 aromatic rings. The fraction of sp³-hybridized carbons (Fsp3) is 0.353. The topological polar surface area (TPSA) is 76.1 Å². The van der Waals surface area contributed by atoms with Crippen molar-refractivity contribution in [3.63, 3.8) is 0 Å². The summed E-state index contributed by atoms with van der Waals surface area (Å²) in [7, 11) is 1.65. The van der Waals surface area contributed by atoms with Crippen LogP contribution in [0.2, 0.25) is 0 Å². The lowest BCUT2D eigenvalue weighted by Gasteiger charge is -2.09. The number of ether oxygens (including phenoxy) is 1. The number of carbonyl (C=O) groups excluding carboxylic acids is 1. The third kappa shape index (κ3) is 5.25. The van der Waals surface area contributed by atoms with Crippen LogP contribution in [0, 0.1) is 0 Å². The van der Waals surface area contributed by atoms with Gasteiger partial charge in [0.1, 0.15) is 5.75 Å². The van der Waals surface area contributed by atoms with Gasteiger partial charge in [-0.3, -0.25) is 4.79 Å². The molecule has 0 aliphatic heterocycles. The van der Waals surface area contributed by atoms with Gasteiger partial charge in [0, 0.05) is 25.0 Å². The molecule has 23 heavy (non-hydrogen) atoms.